The number of aromatic nitrogens is 2. The number of benzene rings is 1. The van der Waals surface area contributed by atoms with Gasteiger partial charge in [-0.1, -0.05) is 32.4 Å². The zero-order valence-corrected chi connectivity index (χ0v) is 24.4. The van der Waals surface area contributed by atoms with Crippen molar-refractivity contribution in [1.29, 1.82) is 0 Å². The summed E-state index contributed by atoms with van der Waals surface area (Å²) in [6.07, 6.45) is 1.67. The Morgan fingerprint density at radius 2 is 1.74 bits per heavy atom. The number of carboxylic acids is 1. The van der Waals surface area contributed by atoms with E-state index in [-0.39, 0.29) is 30.3 Å². The molecule has 0 spiro atoms. The van der Waals surface area contributed by atoms with Crippen LogP contribution in [-0.4, -0.2) is 32.0 Å². The Morgan fingerprint density at radius 1 is 1.08 bits per heavy atom. The molecule has 1 aromatic carbocycles. The van der Waals surface area contributed by atoms with E-state index in [0.717, 1.165) is 10.7 Å². The van der Waals surface area contributed by atoms with Crippen LogP contribution in [0, 0.1) is 17.8 Å². The fourth-order valence-electron chi connectivity index (χ4n) is 4.29. The molecule has 4 rings (SSSR count). The molecule has 7 nitrogen and oxygen atoms in total. The summed E-state index contributed by atoms with van der Waals surface area (Å²) in [5.41, 5.74) is 0.707. The first kappa shape index (κ1) is 28.5. The summed E-state index contributed by atoms with van der Waals surface area (Å²) in [5.74, 6) is -1.05. The molecule has 0 unspecified atom stereocenters. The van der Waals surface area contributed by atoms with Gasteiger partial charge in [-0.15, -0.1) is 11.3 Å². The normalized spacial score (nSPS) is 12.1. The third-order valence-electron chi connectivity index (χ3n) is 6.47. The molecule has 0 saturated carbocycles. The molecule has 0 saturated heterocycles. The summed E-state index contributed by atoms with van der Waals surface area (Å²) in [4.78, 5) is 44.5. The summed E-state index contributed by atoms with van der Waals surface area (Å²) >= 11 is 7.55. The molecule has 0 atom stereocenters. The van der Waals surface area contributed by atoms with Gasteiger partial charge >= 0.3 is 5.97 Å². The van der Waals surface area contributed by atoms with Crippen LogP contribution >= 0.6 is 22.9 Å². The van der Waals surface area contributed by atoms with E-state index < -0.39 is 16.8 Å². The highest BCUT2D eigenvalue weighted by Crippen LogP contribution is 2.37. The van der Waals surface area contributed by atoms with Gasteiger partial charge in [0.25, 0.3) is 0 Å². The quantitative estimate of drug-likeness (QED) is 0.218. The number of ketones is 2. The summed E-state index contributed by atoms with van der Waals surface area (Å²) in [6.45, 7) is 10.8. The second-order valence-corrected chi connectivity index (χ2v) is 12.7. The summed E-state index contributed by atoms with van der Waals surface area (Å²) < 4.78 is 7.68. The maximum atomic E-state index is 14.0. The lowest BCUT2D eigenvalue weighted by Crippen LogP contribution is -2.29. The van der Waals surface area contributed by atoms with Gasteiger partial charge < -0.3 is 14.2 Å². The van der Waals surface area contributed by atoms with E-state index in [4.69, 9.17) is 16.3 Å². The Balaban J connectivity index is 1.96. The van der Waals surface area contributed by atoms with Gasteiger partial charge in [-0.3, -0.25) is 14.4 Å². The molecule has 0 aliphatic carbocycles. The number of pyridine rings is 1. The number of aliphatic carboxylic acids is 1. The van der Waals surface area contributed by atoms with Crippen LogP contribution in [0.25, 0.3) is 5.52 Å². The number of Topliss-reactive ketones (excluding diaryl/α,β-unsaturated/α-hetero) is 1. The number of nitrogens with zero attached hydrogens (tertiary/aromatic N) is 2. The van der Waals surface area contributed by atoms with Gasteiger partial charge in [0.15, 0.2) is 5.78 Å². The average molecular weight is 567 g/mol. The number of hydrogen-bond donors (Lipinski definition) is 1. The second kappa shape index (κ2) is 10.6. The lowest BCUT2D eigenvalue weighted by Gasteiger charge is -2.22. The van der Waals surface area contributed by atoms with Gasteiger partial charge in [0.2, 0.25) is 5.78 Å². The molecule has 3 heterocycles. The Morgan fingerprint density at radius 3 is 2.31 bits per heavy atom. The molecule has 9 heteroatoms. The van der Waals surface area contributed by atoms with Crippen molar-refractivity contribution < 1.29 is 24.2 Å². The number of rotatable bonds is 9. The molecule has 0 aliphatic heterocycles. The average Bonchev–Trinajstić information content (AvgIpc) is 3.41. The van der Waals surface area contributed by atoms with E-state index in [1.807, 2.05) is 12.3 Å². The summed E-state index contributed by atoms with van der Waals surface area (Å²) in [5, 5.41) is 13.2. The summed E-state index contributed by atoms with van der Waals surface area (Å²) in [7, 11) is 0. The van der Waals surface area contributed by atoms with Crippen LogP contribution in [0.3, 0.4) is 0 Å². The van der Waals surface area contributed by atoms with Crippen LogP contribution in [0.4, 0.5) is 0 Å². The fourth-order valence-corrected chi connectivity index (χ4v) is 5.10. The molecule has 0 radical (unpaired) electrons. The van der Waals surface area contributed by atoms with E-state index in [2.05, 4.69) is 4.98 Å². The summed E-state index contributed by atoms with van der Waals surface area (Å²) in [6, 6.07) is 9.95. The number of fused-ring (bicyclic) bond motifs is 1. The van der Waals surface area contributed by atoms with E-state index in [1.165, 1.54) is 11.3 Å². The van der Waals surface area contributed by atoms with Crippen molar-refractivity contribution in [3.8, 4) is 5.75 Å². The first-order valence-corrected chi connectivity index (χ1v) is 13.7. The number of aryl methyl sites for hydroxylation is 1. The van der Waals surface area contributed by atoms with Crippen molar-refractivity contribution in [2.45, 2.75) is 54.6 Å². The predicted octanol–water partition coefficient (Wildman–Crippen LogP) is 7.05. The van der Waals surface area contributed by atoms with E-state index in [1.54, 1.807) is 81.6 Å². The minimum atomic E-state index is -1.24. The van der Waals surface area contributed by atoms with Gasteiger partial charge in [-0.05, 0) is 63.1 Å². The van der Waals surface area contributed by atoms with Crippen molar-refractivity contribution in [3.05, 3.63) is 86.1 Å². The SMILES string of the molecule is Cc1csc(COc2ccn3c(C(=O)c4ccc(Cl)cc4)c(CC(C)(C)C(=O)O)c(C(=O)C(C)(C)C)c3c2)n1. The smallest absolute Gasteiger partial charge is 0.309 e. The van der Waals surface area contributed by atoms with Crippen molar-refractivity contribution >= 4 is 46.0 Å². The molecule has 204 valence electrons. The molecule has 4 aromatic rings. The number of carbonyl (C=O) groups is 3. The van der Waals surface area contributed by atoms with Crippen LogP contribution in [0.2, 0.25) is 5.02 Å². The fraction of sp³-hybridized carbons (Fsp3) is 0.333. The number of halogens is 1. The van der Waals surface area contributed by atoms with E-state index in [9.17, 15) is 19.5 Å². The molecule has 0 amide bonds. The lowest BCUT2D eigenvalue weighted by molar-refractivity contribution is -0.146. The highest BCUT2D eigenvalue weighted by Gasteiger charge is 2.37. The van der Waals surface area contributed by atoms with Gasteiger partial charge in [0.1, 0.15) is 17.4 Å². The molecule has 0 bridgehead atoms. The highest BCUT2D eigenvalue weighted by molar-refractivity contribution is 7.09. The van der Waals surface area contributed by atoms with Crippen LogP contribution in [0.5, 0.6) is 5.75 Å². The molecule has 1 N–H and O–H groups in total. The van der Waals surface area contributed by atoms with Crippen molar-refractivity contribution in [1.82, 2.24) is 9.38 Å². The Labute approximate surface area is 236 Å². The lowest BCUT2D eigenvalue weighted by atomic mass is 9.79. The van der Waals surface area contributed by atoms with Crippen molar-refractivity contribution in [2.24, 2.45) is 10.8 Å². The number of hydrogen-bond acceptors (Lipinski definition) is 6. The monoisotopic (exact) mass is 566 g/mol. The van der Waals surface area contributed by atoms with Crippen LogP contribution in [0.1, 0.15) is 77.3 Å². The third kappa shape index (κ3) is 5.92. The highest BCUT2D eigenvalue weighted by atomic mass is 35.5. The zero-order chi connectivity index (χ0) is 28.7. The topological polar surface area (TPSA) is 98.0 Å². The Kier molecular flexibility index (Phi) is 7.74. The number of thiazole rings is 1. The van der Waals surface area contributed by atoms with E-state index in [0.29, 0.717) is 33.0 Å². The first-order chi connectivity index (χ1) is 18.2. The van der Waals surface area contributed by atoms with Crippen LogP contribution in [-0.2, 0) is 17.8 Å². The molecule has 3 aromatic heterocycles. The van der Waals surface area contributed by atoms with Crippen LogP contribution in [0.15, 0.2) is 48.0 Å². The Bertz CT molecular complexity index is 1580. The minimum absolute atomic E-state index is 0.0234. The molecular weight excluding hydrogens is 536 g/mol. The van der Waals surface area contributed by atoms with Gasteiger partial charge in [-0.2, -0.15) is 0 Å². The number of carbonyl (C=O) groups excluding carboxylic acids is 2. The number of ether oxygens (including phenoxy) is 1. The van der Waals surface area contributed by atoms with E-state index >= 15 is 0 Å². The standard InChI is InChI=1S/C30H31ClN2O5S/c1-17-16-39-23(32-17)15-38-20-11-12-33-22(13-20)24(27(35)29(2,3)4)21(14-30(5,6)28(36)37)25(33)26(34)18-7-9-19(31)10-8-18/h7-13,16H,14-15H2,1-6H3,(H,36,37). The second-order valence-electron chi connectivity index (χ2n) is 11.3. The Hall–Kier alpha value is -3.49. The van der Waals surface area contributed by atoms with Crippen LogP contribution < -0.4 is 4.74 Å². The maximum Gasteiger partial charge on any atom is 0.309 e. The molecular formula is C30H31ClN2O5S. The zero-order valence-electron chi connectivity index (χ0n) is 22.8. The van der Waals surface area contributed by atoms with Crippen molar-refractivity contribution in [3.63, 3.8) is 0 Å². The first-order valence-electron chi connectivity index (χ1n) is 12.5. The third-order valence-corrected chi connectivity index (χ3v) is 7.66. The number of carboxylic acid groups (broad SMARTS) is 1. The molecule has 0 fully saturated rings. The maximum absolute atomic E-state index is 14.0. The van der Waals surface area contributed by atoms with Gasteiger partial charge in [0.05, 0.1) is 16.6 Å². The van der Waals surface area contributed by atoms with Gasteiger partial charge in [0, 0.05) is 44.9 Å². The molecule has 0 aliphatic rings. The minimum Gasteiger partial charge on any atom is -0.486 e. The molecule has 39 heavy (non-hydrogen) atoms. The van der Waals surface area contributed by atoms with Crippen molar-refractivity contribution in [2.75, 3.05) is 0 Å². The van der Waals surface area contributed by atoms with Gasteiger partial charge in [-0.25, -0.2) is 4.98 Å². The largest absolute Gasteiger partial charge is 0.486 e. The predicted molar refractivity (Wildman–Crippen MR) is 152 cm³/mol.